The molecule has 1 amide bonds. The summed E-state index contributed by atoms with van der Waals surface area (Å²) in [5.41, 5.74) is 1.82. The fourth-order valence-electron chi connectivity index (χ4n) is 2.59. The second kappa shape index (κ2) is 8.89. The van der Waals surface area contributed by atoms with E-state index in [0.29, 0.717) is 29.3 Å². The number of hydrogen-bond donors (Lipinski definition) is 1. The standard InChI is InChI=1S/C19H21Cl2NO3S/c1-3-18(14-6-8-15(9-7-14)26(2,24)25)22-19(23)11-5-13-4-10-16(20)17(21)12-13/h4,6-10,12,18H,3,5,11H2,1-2H3,(H,22,23). The number of sulfone groups is 1. The molecule has 1 unspecified atom stereocenters. The molecule has 0 aliphatic carbocycles. The highest BCUT2D eigenvalue weighted by molar-refractivity contribution is 7.90. The fraction of sp³-hybridized carbons (Fsp3) is 0.316. The smallest absolute Gasteiger partial charge is 0.220 e. The van der Waals surface area contributed by atoms with Gasteiger partial charge in [-0.25, -0.2) is 8.42 Å². The van der Waals surface area contributed by atoms with Crippen molar-refractivity contribution in [3.8, 4) is 0 Å². The normalized spacial score (nSPS) is 12.6. The Labute approximate surface area is 164 Å². The average Bonchev–Trinajstić information content (AvgIpc) is 2.60. The van der Waals surface area contributed by atoms with Crippen molar-refractivity contribution in [2.45, 2.75) is 37.1 Å². The summed E-state index contributed by atoms with van der Waals surface area (Å²) < 4.78 is 23.1. The van der Waals surface area contributed by atoms with Crippen molar-refractivity contribution in [2.24, 2.45) is 0 Å². The monoisotopic (exact) mass is 413 g/mol. The molecule has 2 aromatic rings. The number of hydrogen-bond acceptors (Lipinski definition) is 3. The van der Waals surface area contributed by atoms with Gasteiger partial charge in [0.15, 0.2) is 9.84 Å². The van der Waals surface area contributed by atoms with Gasteiger partial charge in [0.1, 0.15) is 0 Å². The molecule has 0 bridgehead atoms. The highest BCUT2D eigenvalue weighted by Gasteiger charge is 2.14. The zero-order valence-electron chi connectivity index (χ0n) is 14.6. The van der Waals surface area contributed by atoms with Crippen LogP contribution in [0.3, 0.4) is 0 Å². The van der Waals surface area contributed by atoms with Gasteiger partial charge in [-0.1, -0.05) is 48.3 Å². The molecule has 0 saturated heterocycles. The van der Waals surface area contributed by atoms with Gasteiger partial charge in [-0.3, -0.25) is 4.79 Å². The van der Waals surface area contributed by atoms with Crippen LogP contribution in [0.1, 0.15) is 36.9 Å². The number of carbonyl (C=O) groups is 1. The maximum Gasteiger partial charge on any atom is 0.220 e. The number of aryl methyl sites for hydroxylation is 1. The average molecular weight is 414 g/mol. The molecule has 2 rings (SSSR count). The first-order valence-corrected chi connectivity index (χ1v) is 10.9. The van der Waals surface area contributed by atoms with Crippen LogP contribution in [0.2, 0.25) is 10.0 Å². The van der Waals surface area contributed by atoms with Gasteiger partial charge in [-0.2, -0.15) is 0 Å². The molecule has 1 atom stereocenters. The third kappa shape index (κ3) is 5.73. The van der Waals surface area contributed by atoms with E-state index in [1.165, 1.54) is 6.26 Å². The predicted octanol–water partition coefficient (Wildman–Crippen LogP) is 4.60. The van der Waals surface area contributed by atoms with E-state index in [0.717, 1.165) is 11.1 Å². The largest absolute Gasteiger partial charge is 0.349 e. The molecule has 7 heteroatoms. The quantitative estimate of drug-likeness (QED) is 0.721. The Morgan fingerprint density at radius 3 is 2.27 bits per heavy atom. The van der Waals surface area contributed by atoms with E-state index < -0.39 is 9.84 Å². The Bertz CT molecular complexity index is 880. The van der Waals surface area contributed by atoms with Gasteiger partial charge in [0.05, 0.1) is 21.0 Å². The third-order valence-corrected chi connectivity index (χ3v) is 5.95. The molecule has 0 aliphatic rings. The van der Waals surface area contributed by atoms with Gasteiger partial charge in [0.25, 0.3) is 0 Å². The Kier molecular flexibility index (Phi) is 7.09. The minimum Gasteiger partial charge on any atom is -0.349 e. The number of nitrogens with one attached hydrogen (secondary N) is 1. The number of carbonyl (C=O) groups excluding carboxylic acids is 1. The molecule has 0 radical (unpaired) electrons. The van der Waals surface area contributed by atoms with E-state index in [4.69, 9.17) is 23.2 Å². The van der Waals surface area contributed by atoms with Crippen LogP contribution in [-0.2, 0) is 21.1 Å². The van der Waals surface area contributed by atoms with Crippen LogP contribution >= 0.6 is 23.2 Å². The first-order valence-electron chi connectivity index (χ1n) is 8.24. The van der Waals surface area contributed by atoms with E-state index in [1.807, 2.05) is 13.0 Å². The molecule has 0 fully saturated rings. The van der Waals surface area contributed by atoms with E-state index in [2.05, 4.69) is 5.32 Å². The molecule has 2 aromatic carbocycles. The van der Waals surface area contributed by atoms with Gasteiger partial charge in [-0.15, -0.1) is 0 Å². The number of rotatable bonds is 7. The summed E-state index contributed by atoms with van der Waals surface area (Å²) in [4.78, 5) is 12.5. The van der Waals surface area contributed by atoms with E-state index in [1.54, 1.807) is 36.4 Å². The van der Waals surface area contributed by atoms with Crippen molar-refractivity contribution in [1.82, 2.24) is 5.32 Å². The summed E-state index contributed by atoms with van der Waals surface area (Å²) in [7, 11) is -3.23. The van der Waals surface area contributed by atoms with Gasteiger partial charge in [0.2, 0.25) is 5.91 Å². The van der Waals surface area contributed by atoms with Crippen molar-refractivity contribution in [3.63, 3.8) is 0 Å². The lowest BCUT2D eigenvalue weighted by atomic mass is 10.0. The second-order valence-electron chi connectivity index (χ2n) is 6.12. The molecule has 1 N–H and O–H groups in total. The summed E-state index contributed by atoms with van der Waals surface area (Å²) in [5.74, 6) is -0.0740. The van der Waals surface area contributed by atoms with Crippen molar-refractivity contribution in [3.05, 3.63) is 63.6 Å². The lowest BCUT2D eigenvalue weighted by Gasteiger charge is -2.18. The lowest BCUT2D eigenvalue weighted by Crippen LogP contribution is -2.28. The predicted molar refractivity (Wildman–Crippen MR) is 106 cm³/mol. The zero-order chi connectivity index (χ0) is 19.3. The Hall–Kier alpha value is -1.56. The summed E-state index contributed by atoms with van der Waals surface area (Å²) >= 11 is 11.9. The summed E-state index contributed by atoms with van der Waals surface area (Å²) in [6.45, 7) is 1.97. The van der Waals surface area contributed by atoms with Crippen molar-refractivity contribution < 1.29 is 13.2 Å². The molecule has 0 heterocycles. The zero-order valence-corrected chi connectivity index (χ0v) is 17.0. The van der Waals surface area contributed by atoms with Crippen LogP contribution in [0.25, 0.3) is 0 Å². The molecule has 26 heavy (non-hydrogen) atoms. The van der Waals surface area contributed by atoms with Gasteiger partial charge < -0.3 is 5.32 Å². The van der Waals surface area contributed by atoms with Crippen molar-refractivity contribution >= 4 is 38.9 Å². The Morgan fingerprint density at radius 2 is 1.73 bits per heavy atom. The Morgan fingerprint density at radius 1 is 1.08 bits per heavy atom. The summed E-state index contributed by atoms with van der Waals surface area (Å²) in [6.07, 6.45) is 2.77. The third-order valence-electron chi connectivity index (χ3n) is 4.08. The minimum atomic E-state index is -3.23. The Balaban J connectivity index is 1.98. The molecule has 4 nitrogen and oxygen atoms in total. The fourth-order valence-corrected chi connectivity index (χ4v) is 3.54. The highest BCUT2D eigenvalue weighted by Crippen LogP contribution is 2.23. The maximum atomic E-state index is 12.3. The SMILES string of the molecule is CCC(NC(=O)CCc1ccc(Cl)c(Cl)c1)c1ccc(S(C)(=O)=O)cc1. The molecular formula is C19H21Cl2NO3S. The minimum absolute atomic E-state index is 0.0740. The van der Waals surface area contributed by atoms with Crippen LogP contribution in [-0.4, -0.2) is 20.6 Å². The number of halogens is 2. The first-order chi connectivity index (χ1) is 12.2. The first kappa shape index (κ1) is 20.7. The van der Waals surface area contributed by atoms with Crippen molar-refractivity contribution in [2.75, 3.05) is 6.26 Å². The molecule has 0 spiro atoms. The topological polar surface area (TPSA) is 63.2 Å². The number of amides is 1. The number of benzene rings is 2. The summed E-state index contributed by atoms with van der Waals surface area (Å²) in [5, 5.41) is 3.95. The van der Waals surface area contributed by atoms with Crippen LogP contribution in [0.4, 0.5) is 0 Å². The molecule has 0 aliphatic heterocycles. The van der Waals surface area contributed by atoms with Gasteiger partial charge >= 0.3 is 0 Å². The van der Waals surface area contributed by atoms with Crippen molar-refractivity contribution in [1.29, 1.82) is 0 Å². The molecular weight excluding hydrogens is 393 g/mol. The second-order valence-corrected chi connectivity index (χ2v) is 8.95. The molecule has 0 aromatic heterocycles. The van der Waals surface area contributed by atoms with Gasteiger partial charge in [-0.05, 0) is 48.2 Å². The molecule has 0 saturated carbocycles. The lowest BCUT2D eigenvalue weighted by molar-refractivity contribution is -0.121. The van der Waals surface area contributed by atoms with Crippen LogP contribution in [0, 0.1) is 0 Å². The maximum absolute atomic E-state index is 12.3. The summed E-state index contributed by atoms with van der Waals surface area (Å²) in [6, 6.07) is 11.8. The van der Waals surface area contributed by atoms with E-state index in [-0.39, 0.29) is 16.8 Å². The van der Waals surface area contributed by atoms with Crippen LogP contribution in [0.15, 0.2) is 47.4 Å². The van der Waals surface area contributed by atoms with Crippen LogP contribution < -0.4 is 5.32 Å². The van der Waals surface area contributed by atoms with E-state index in [9.17, 15) is 13.2 Å². The van der Waals surface area contributed by atoms with E-state index >= 15 is 0 Å². The highest BCUT2D eigenvalue weighted by atomic mass is 35.5. The van der Waals surface area contributed by atoms with Crippen LogP contribution in [0.5, 0.6) is 0 Å². The molecule has 140 valence electrons. The van der Waals surface area contributed by atoms with Gasteiger partial charge in [0, 0.05) is 12.7 Å².